The number of pyridine rings is 1. The van der Waals surface area contributed by atoms with Crippen molar-refractivity contribution in [1.29, 1.82) is 0 Å². The molecule has 0 aliphatic carbocycles. The first kappa shape index (κ1) is 25.9. The van der Waals surface area contributed by atoms with Crippen molar-refractivity contribution in [3.05, 3.63) is 83.4 Å². The lowest BCUT2D eigenvalue weighted by atomic mass is 10.1. The van der Waals surface area contributed by atoms with Gasteiger partial charge >= 0.3 is 0 Å². The molecule has 0 saturated carbocycles. The van der Waals surface area contributed by atoms with E-state index in [0.29, 0.717) is 12.2 Å². The van der Waals surface area contributed by atoms with Gasteiger partial charge in [0.25, 0.3) is 0 Å². The molecule has 1 aromatic carbocycles. The first-order chi connectivity index (χ1) is 16.1. The Morgan fingerprint density at radius 3 is 2.55 bits per heavy atom. The number of benzene rings is 1. The number of nitrogens with one attached hydrogen (secondary N) is 1. The van der Waals surface area contributed by atoms with E-state index in [1.807, 2.05) is 58.9 Å². The topological polar surface area (TPSA) is 72.2 Å². The zero-order valence-corrected chi connectivity index (χ0v) is 20.6. The second-order valence-electron chi connectivity index (χ2n) is 7.25. The zero-order chi connectivity index (χ0) is 24.2. The highest BCUT2D eigenvalue weighted by Gasteiger charge is 2.16. The Bertz CT molecular complexity index is 1080. The number of rotatable bonds is 9. The highest BCUT2D eigenvalue weighted by atomic mass is 17.1. The van der Waals surface area contributed by atoms with Gasteiger partial charge in [0, 0.05) is 17.8 Å². The standard InChI is InChI=1S/C25H30N4O2.C2H6/c1-5-8-14-23(31-30)21(7-3)27-24-17-22(20-13-9-12-19(6-2)16-20)28-29(24)25-18(4)11-10-15-26-25;1-2/h8-17,27,30H,5-7H2,1-4H3;1-2H3/b14-8-,23-21-;. The molecule has 2 N–H and O–H groups in total. The fourth-order valence-corrected chi connectivity index (χ4v) is 3.31. The van der Waals surface area contributed by atoms with Gasteiger partial charge in [-0.15, -0.1) is 0 Å². The van der Waals surface area contributed by atoms with E-state index >= 15 is 0 Å². The van der Waals surface area contributed by atoms with E-state index in [4.69, 9.17) is 5.10 Å². The summed E-state index contributed by atoms with van der Waals surface area (Å²) in [7, 11) is 0. The molecular weight excluding hydrogens is 412 g/mol. The van der Waals surface area contributed by atoms with Crippen molar-refractivity contribution in [2.24, 2.45) is 0 Å². The first-order valence-corrected chi connectivity index (χ1v) is 11.7. The van der Waals surface area contributed by atoms with Crippen LogP contribution in [0.15, 0.2) is 72.3 Å². The highest BCUT2D eigenvalue weighted by Crippen LogP contribution is 2.28. The first-order valence-electron chi connectivity index (χ1n) is 11.7. The van der Waals surface area contributed by atoms with Gasteiger partial charge < -0.3 is 10.2 Å². The second-order valence-corrected chi connectivity index (χ2v) is 7.25. The van der Waals surface area contributed by atoms with Gasteiger partial charge in [-0.25, -0.2) is 10.2 Å². The van der Waals surface area contributed by atoms with E-state index in [-0.39, 0.29) is 0 Å². The third-order valence-corrected chi connectivity index (χ3v) is 5.06. The number of aryl methyl sites for hydroxylation is 2. The zero-order valence-electron chi connectivity index (χ0n) is 20.6. The lowest BCUT2D eigenvalue weighted by Crippen LogP contribution is -2.10. The number of aromatic nitrogens is 3. The van der Waals surface area contributed by atoms with Gasteiger partial charge in [-0.1, -0.05) is 65.0 Å². The van der Waals surface area contributed by atoms with Gasteiger partial charge in [0.15, 0.2) is 11.6 Å². The number of hydrogen-bond acceptors (Lipinski definition) is 5. The Morgan fingerprint density at radius 2 is 1.91 bits per heavy atom. The number of anilines is 1. The Balaban J connectivity index is 0.00000187. The summed E-state index contributed by atoms with van der Waals surface area (Å²) in [5, 5.41) is 17.7. The molecule has 0 unspecified atom stereocenters. The Morgan fingerprint density at radius 1 is 1.12 bits per heavy atom. The van der Waals surface area contributed by atoms with Gasteiger partial charge in [0.05, 0.1) is 11.4 Å². The maximum Gasteiger partial charge on any atom is 0.183 e. The molecule has 176 valence electrons. The fraction of sp³-hybridized carbons (Fsp3) is 0.333. The van der Waals surface area contributed by atoms with Crippen LogP contribution < -0.4 is 5.32 Å². The van der Waals surface area contributed by atoms with E-state index < -0.39 is 0 Å². The molecule has 0 fully saturated rings. The number of allylic oxidation sites excluding steroid dienone is 3. The van der Waals surface area contributed by atoms with E-state index in [1.165, 1.54) is 5.56 Å². The van der Waals surface area contributed by atoms with Crippen LogP contribution in [0.2, 0.25) is 0 Å². The minimum Gasteiger partial charge on any atom is -0.340 e. The lowest BCUT2D eigenvalue weighted by Gasteiger charge is -2.14. The van der Waals surface area contributed by atoms with Crippen LogP contribution in [0.5, 0.6) is 0 Å². The molecule has 6 nitrogen and oxygen atoms in total. The largest absolute Gasteiger partial charge is 0.340 e. The van der Waals surface area contributed by atoms with Crippen LogP contribution in [0.25, 0.3) is 17.1 Å². The molecule has 3 rings (SSSR count). The summed E-state index contributed by atoms with van der Waals surface area (Å²) in [6.45, 7) is 12.2. The number of hydrogen-bond donors (Lipinski definition) is 2. The average molecular weight is 449 g/mol. The molecule has 0 aliphatic heterocycles. The van der Waals surface area contributed by atoms with Crippen molar-refractivity contribution in [2.45, 2.75) is 60.8 Å². The molecular formula is C27H36N4O2. The molecule has 2 heterocycles. The highest BCUT2D eigenvalue weighted by molar-refractivity contribution is 5.66. The summed E-state index contributed by atoms with van der Waals surface area (Å²) in [6.07, 6.45) is 7.90. The SMILES string of the molecule is CC.CC/C=C\C(OO)=C(/CC)Nc1cc(-c2cccc(CC)c2)nn1-c1ncccc1C. The molecule has 6 heteroatoms. The molecule has 0 atom stereocenters. The van der Waals surface area contributed by atoms with E-state index in [2.05, 4.69) is 46.4 Å². The molecule has 0 radical (unpaired) electrons. The molecule has 0 amide bonds. The van der Waals surface area contributed by atoms with E-state index in [1.54, 1.807) is 17.0 Å². The van der Waals surface area contributed by atoms with Crippen LogP contribution >= 0.6 is 0 Å². The van der Waals surface area contributed by atoms with Gasteiger partial charge in [-0.05, 0) is 55.5 Å². The van der Waals surface area contributed by atoms with Crippen LogP contribution in [-0.2, 0) is 11.3 Å². The van der Waals surface area contributed by atoms with E-state index in [0.717, 1.165) is 47.0 Å². The lowest BCUT2D eigenvalue weighted by molar-refractivity contribution is -0.199. The normalized spacial score (nSPS) is 11.6. The van der Waals surface area contributed by atoms with Crippen molar-refractivity contribution in [3.8, 4) is 17.1 Å². The Hall–Kier alpha value is -3.38. The minimum absolute atomic E-state index is 0.379. The van der Waals surface area contributed by atoms with Crippen LogP contribution in [0, 0.1) is 6.92 Å². The summed E-state index contributed by atoms with van der Waals surface area (Å²) >= 11 is 0. The van der Waals surface area contributed by atoms with Crippen molar-refractivity contribution >= 4 is 5.82 Å². The van der Waals surface area contributed by atoms with Crippen LogP contribution in [-0.4, -0.2) is 20.0 Å². The smallest absolute Gasteiger partial charge is 0.183 e. The molecule has 3 aromatic rings. The molecule has 0 saturated heterocycles. The van der Waals surface area contributed by atoms with Crippen LogP contribution in [0.3, 0.4) is 0 Å². The predicted molar refractivity (Wildman–Crippen MR) is 136 cm³/mol. The summed E-state index contributed by atoms with van der Waals surface area (Å²) in [6, 6.07) is 14.3. The second kappa shape index (κ2) is 13.2. The van der Waals surface area contributed by atoms with Gasteiger partial charge in [0.1, 0.15) is 5.82 Å². The molecule has 0 aliphatic rings. The summed E-state index contributed by atoms with van der Waals surface area (Å²) in [4.78, 5) is 9.20. The van der Waals surface area contributed by atoms with Crippen LogP contribution in [0.4, 0.5) is 5.82 Å². The van der Waals surface area contributed by atoms with E-state index in [9.17, 15) is 5.26 Å². The van der Waals surface area contributed by atoms with Crippen molar-refractivity contribution in [1.82, 2.24) is 14.8 Å². The molecule has 2 aromatic heterocycles. The summed E-state index contributed by atoms with van der Waals surface area (Å²) in [5.74, 6) is 1.87. The van der Waals surface area contributed by atoms with Gasteiger partial charge in [-0.3, -0.25) is 0 Å². The summed E-state index contributed by atoms with van der Waals surface area (Å²) in [5.41, 5.74) is 4.89. The summed E-state index contributed by atoms with van der Waals surface area (Å²) < 4.78 is 1.80. The average Bonchev–Trinajstić information content (AvgIpc) is 3.28. The predicted octanol–water partition coefficient (Wildman–Crippen LogP) is 7.32. The molecule has 33 heavy (non-hydrogen) atoms. The Kier molecular flexibility index (Phi) is 10.4. The van der Waals surface area contributed by atoms with Crippen molar-refractivity contribution in [2.75, 3.05) is 5.32 Å². The quantitative estimate of drug-likeness (QED) is 0.155. The Labute approximate surface area is 197 Å². The van der Waals surface area contributed by atoms with Crippen molar-refractivity contribution in [3.63, 3.8) is 0 Å². The number of nitrogens with zero attached hydrogens (tertiary/aromatic N) is 3. The maximum absolute atomic E-state index is 9.42. The third-order valence-electron chi connectivity index (χ3n) is 5.06. The van der Waals surface area contributed by atoms with Gasteiger partial charge in [0.2, 0.25) is 0 Å². The fourth-order valence-electron chi connectivity index (χ4n) is 3.31. The maximum atomic E-state index is 9.42. The molecule has 0 bridgehead atoms. The molecule has 0 spiro atoms. The van der Waals surface area contributed by atoms with Crippen molar-refractivity contribution < 1.29 is 10.1 Å². The minimum atomic E-state index is 0.379. The monoisotopic (exact) mass is 448 g/mol. The van der Waals surface area contributed by atoms with Crippen LogP contribution in [0.1, 0.15) is 58.6 Å². The third kappa shape index (κ3) is 6.56. The van der Waals surface area contributed by atoms with Gasteiger partial charge in [-0.2, -0.15) is 9.78 Å².